The van der Waals surface area contributed by atoms with Crippen molar-refractivity contribution >= 4 is 17.5 Å². The molecule has 1 saturated heterocycles. The normalized spacial score (nSPS) is 14.7. The number of benzene rings is 1. The van der Waals surface area contributed by atoms with Gasteiger partial charge in [-0.25, -0.2) is 9.97 Å². The second-order valence-corrected chi connectivity index (χ2v) is 6.22. The van der Waals surface area contributed by atoms with Crippen molar-refractivity contribution in [2.45, 2.75) is 6.92 Å². The number of rotatable bonds is 6. The fourth-order valence-corrected chi connectivity index (χ4v) is 2.98. The molecule has 0 atom stereocenters. The first-order chi connectivity index (χ1) is 13.1. The number of piperazine rings is 1. The number of nitrogens with zero attached hydrogens (tertiary/aromatic N) is 4. The van der Waals surface area contributed by atoms with E-state index in [-0.39, 0.29) is 5.91 Å². The summed E-state index contributed by atoms with van der Waals surface area (Å²) >= 11 is 0. The lowest BCUT2D eigenvalue weighted by atomic mass is 10.2. The van der Waals surface area contributed by atoms with Crippen molar-refractivity contribution in [1.29, 1.82) is 0 Å². The molecule has 144 valence electrons. The molecule has 0 aliphatic carbocycles. The van der Waals surface area contributed by atoms with Gasteiger partial charge in [0.2, 0.25) is 5.95 Å². The fourth-order valence-electron chi connectivity index (χ4n) is 2.98. The van der Waals surface area contributed by atoms with Crippen LogP contribution in [0.3, 0.4) is 0 Å². The molecule has 27 heavy (non-hydrogen) atoms. The van der Waals surface area contributed by atoms with Crippen LogP contribution in [0.5, 0.6) is 11.5 Å². The number of nitrogens with one attached hydrogen (secondary N) is 1. The van der Waals surface area contributed by atoms with Gasteiger partial charge in [0, 0.05) is 50.3 Å². The van der Waals surface area contributed by atoms with Crippen LogP contribution in [0.4, 0.5) is 11.6 Å². The Hall–Kier alpha value is -2.87. The average molecular weight is 371 g/mol. The van der Waals surface area contributed by atoms with Gasteiger partial charge in [-0.1, -0.05) is 6.92 Å². The highest BCUT2D eigenvalue weighted by molar-refractivity contribution is 6.04. The van der Waals surface area contributed by atoms with E-state index in [9.17, 15) is 4.79 Å². The van der Waals surface area contributed by atoms with Gasteiger partial charge < -0.3 is 24.6 Å². The number of methoxy groups -OCH3 is 2. The standard InChI is InChI=1S/C19H25N5O3/c1-4-23-7-9-24(10-8-23)19-20-12-14(13-21-19)18(25)22-15-5-6-16(26-2)17(11-15)27-3/h5-6,11-13H,4,7-10H2,1-3H3,(H,22,25). The molecule has 1 aliphatic rings. The number of aromatic nitrogens is 2. The molecule has 1 N–H and O–H groups in total. The summed E-state index contributed by atoms with van der Waals surface area (Å²) < 4.78 is 10.5. The molecule has 0 unspecified atom stereocenters. The van der Waals surface area contributed by atoms with Gasteiger partial charge in [0.25, 0.3) is 5.91 Å². The van der Waals surface area contributed by atoms with Crippen LogP contribution in [0.15, 0.2) is 30.6 Å². The molecule has 0 bridgehead atoms. The molecular formula is C19H25N5O3. The van der Waals surface area contributed by atoms with Crippen LogP contribution in [0.1, 0.15) is 17.3 Å². The van der Waals surface area contributed by atoms with Gasteiger partial charge in [0.05, 0.1) is 19.8 Å². The van der Waals surface area contributed by atoms with E-state index in [0.29, 0.717) is 28.7 Å². The molecule has 3 rings (SSSR count). The summed E-state index contributed by atoms with van der Waals surface area (Å²) in [5.74, 6) is 1.54. The zero-order valence-corrected chi connectivity index (χ0v) is 15.9. The number of carbonyl (C=O) groups is 1. The van der Waals surface area contributed by atoms with Crippen molar-refractivity contribution in [1.82, 2.24) is 14.9 Å². The maximum atomic E-state index is 12.5. The van der Waals surface area contributed by atoms with E-state index in [2.05, 4.69) is 32.0 Å². The van der Waals surface area contributed by atoms with Gasteiger partial charge in [-0.15, -0.1) is 0 Å². The Morgan fingerprint density at radius 2 is 1.74 bits per heavy atom. The van der Waals surface area contributed by atoms with Crippen molar-refractivity contribution in [2.75, 3.05) is 57.2 Å². The van der Waals surface area contributed by atoms with Crippen LogP contribution in [-0.4, -0.2) is 67.7 Å². The lowest BCUT2D eigenvalue weighted by Crippen LogP contribution is -2.46. The van der Waals surface area contributed by atoms with Gasteiger partial charge in [0.1, 0.15) is 0 Å². The summed E-state index contributed by atoms with van der Waals surface area (Å²) in [7, 11) is 3.12. The minimum atomic E-state index is -0.274. The number of hydrogen-bond acceptors (Lipinski definition) is 7. The summed E-state index contributed by atoms with van der Waals surface area (Å²) in [6.45, 7) is 7.01. The number of hydrogen-bond donors (Lipinski definition) is 1. The van der Waals surface area contributed by atoms with E-state index in [1.165, 1.54) is 0 Å². The molecule has 1 aromatic heterocycles. The van der Waals surface area contributed by atoms with Gasteiger partial charge in [-0.05, 0) is 18.7 Å². The van der Waals surface area contributed by atoms with Crippen molar-refractivity contribution < 1.29 is 14.3 Å². The molecule has 0 radical (unpaired) electrons. The Morgan fingerprint density at radius 3 is 2.33 bits per heavy atom. The highest BCUT2D eigenvalue weighted by atomic mass is 16.5. The third-order valence-electron chi connectivity index (χ3n) is 4.64. The lowest BCUT2D eigenvalue weighted by Gasteiger charge is -2.33. The third kappa shape index (κ3) is 4.46. The highest BCUT2D eigenvalue weighted by Gasteiger charge is 2.18. The molecule has 1 aliphatic heterocycles. The van der Waals surface area contributed by atoms with Crippen LogP contribution >= 0.6 is 0 Å². The molecule has 2 heterocycles. The van der Waals surface area contributed by atoms with E-state index < -0.39 is 0 Å². The summed E-state index contributed by atoms with van der Waals surface area (Å²) in [5.41, 5.74) is 1.01. The third-order valence-corrected chi connectivity index (χ3v) is 4.64. The van der Waals surface area contributed by atoms with Crippen molar-refractivity contribution in [2.24, 2.45) is 0 Å². The van der Waals surface area contributed by atoms with E-state index in [4.69, 9.17) is 9.47 Å². The fraction of sp³-hybridized carbons (Fsp3) is 0.421. The maximum Gasteiger partial charge on any atom is 0.258 e. The van der Waals surface area contributed by atoms with E-state index in [1.807, 2.05) is 0 Å². The van der Waals surface area contributed by atoms with Gasteiger partial charge in [-0.3, -0.25) is 4.79 Å². The molecule has 0 spiro atoms. The van der Waals surface area contributed by atoms with Gasteiger partial charge in [-0.2, -0.15) is 0 Å². The van der Waals surface area contributed by atoms with Crippen LogP contribution in [0, 0.1) is 0 Å². The number of anilines is 2. The van der Waals surface area contributed by atoms with Crippen LogP contribution in [0.2, 0.25) is 0 Å². The smallest absolute Gasteiger partial charge is 0.258 e. The quantitative estimate of drug-likeness (QED) is 0.830. The summed E-state index contributed by atoms with van der Waals surface area (Å²) in [4.78, 5) is 25.7. The first kappa shape index (κ1) is 18.9. The monoisotopic (exact) mass is 371 g/mol. The van der Waals surface area contributed by atoms with Gasteiger partial charge >= 0.3 is 0 Å². The molecule has 1 aromatic carbocycles. The summed E-state index contributed by atoms with van der Waals surface area (Å²) in [5, 5.41) is 2.82. The Bertz CT molecular complexity index is 773. The Kier molecular flexibility index (Phi) is 6.08. The SMILES string of the molecule is CCN1CCN(c2ncc(C(=O)Nc3ccc(OC)c(OC)c3)cn2)CC1. The highest BCUT2D eigenvalue weighted by Crippen LogP contribution is 2.29. The Labute approximate surface area is 159 Å². The van der Waals surface area contributed by atoms with E-state index in [1.54, 1.807) is 44.8 Å². The minimum absolute atomic E-state index is 0.274. The second kappa shape index (κ2) is 8.68. The topological polar surface area (TPSA) is 79.8 Å². The minimum Gasteiger partial charge on any atom is -0.493 e. The van der Waals surface area contributed by atoms with Crippen LogP contribution in [-0.2, 0) is 0 Å². The molecule has 8 heteroatoms. The summed E-state index contributed by atoms with van der Waals surface area (Å²) in [6.07, 6.45) is 3.12. The van der Waals surface area contributed by atoms with Crippen molar-refractivity contribution in [3.05, 3.63) is 36.2 Å². The Balaban J connectivity index is 1.64. The first-order valence-corrected chi connectivity index (χ1v) is 8.97. The number of ether oxygens (including phenoxy) is 2. The zero-order chi connectivity index (χ0) is 19.2. The molecule has 8 nitrogen and oxygen atoms in total. The van der Waals surface area contributed by atoms with Gasteiger partial charge in [0.15, 0.2) is 11.5 Å². The van der Waals surface area contributed by atoms with E-state index >= 15 is 0 Å². The number of amides is 1. The predicted octanol–water partition coefficient (Wildman–Crippen LogP) is 1.89. The van der Waals surface area contributed by atoms with Crippen molar-refractivity contribution in [3.63, 3.8) is 0 Å². The van der Waals surface area contributed by atoms with Crippen LogP contribution < -0.4 is 19.7 Å². The van der Waals surface area contributed by atoms with Crippen LogP contribution in [0.25, 0.3) is 0 Å². The maximum absolute atomic E-state index is 12.5. The molecule has 1 amide bonds. The zero-order valence-electron chi connectivity index (χ0n) is 15.9. The molecule has 1 fully saturated rings. The summed E-state index contributed by atoms with van der Waals surface area (Å²) in [6, 6.07) is 5.20. The molecule has 2 aromatic rings. The number of likely N-dealkylation sites (N-methyl/N-ethyl adjacent to an activating group) is 1. The molecular weight excluding hydrogens is 346 g/mol. The first-order valence-electron chi connectivity index (χ1n) is 8.97. The predicted molar refractivity (Wildman–Crippen MR) is 104 cm³/mol. The lowest BCUT2D eigenvalue weighted by molar-refractivity contribution is 0.102. The Morgan fingerprint density at radius 1 is 1.07 bits per heavy atom. The average Bonchev–Trinajstić information content (AvgIpc) is 2.73. The second-order valence-electron chi connectivity index (χ2n) is 6.22. The van der Waals surface area contributed by atoms with E-state index in [0.717, 1.165) is 32.7 Å². The molecule has 0 saturated carbocycles. The number of carbonyl (C=O) groups excluding carboxylic acids is 1. The van der Waals surface area contributed by atoms with Crippen molar-refractivity contribution in [3.8, 4) is 11.5 Å². The largest absolute Gasteiger partial charge is 0.493 e.